The van der Waals surface area contributed by atoms with Crippen LogP contribution in [0.3, 0.4) is 0 Å². The van der Waals surface area contributed by atoms with Gasteiger partial charge in [0.05, 0.1) is 16.7 Å². The number of aryl methyl sites for hydroxylation is 2. The molecule has 0 saturated heterocycles. The van der Waals surface area contributed by atoms with Gasteiger partial charge in [0.25, 0.3) is 11.5 Å². The maximum Gasteiger partial charge on any atom is 0.275 e. The summed E-state index contributed by atoms with van der Waals surface area (Å²) in [5, 5.41) is 2.92. The van der Waals surface area contributed by atoms with E-state index < -0.39 is 0 Å². The van der Waals surface area contributed by atoms with Gasteiger partial charge in [-0.25, -0.2) is 4.98 Å². The van der Waals surface area contributed by atoms with Crippen molar-refractivity contribution in [3.05, 3.63) is 93.8 Å². The van der Waals surface area contributed by atoms with Gasteiger partial charge in [0, 0.05) is 11.1 Å². The largest absolute Gasteiger partial charge is 0.321 e. The zero-order chi connectivity index (χ0) is 19.7. The van der Waals surface area contributed by atoms with Gasteiger partial charge >= 0.3 is 0 Å². The summed E-state index contributed by atoms with van der Waals surface area (Å²) in [5.74, 6) is -0.229. The molecule has 4 aromatic rings. The molecule has 2 N–H and O–H groups in total. The Morgan fingerprint density at radius 1 is 0.929 bits per heavy atom. The van der Waals surface area contributed by atoms with E-state index in [1.165, 1.54) is 0 Å². The van der Waals surface area contributed by atoms with Crippen LogP contribution in [0, 0.1) is 13.8 Å². The average Bonchev–Trinajstić information content (AvgIpc) is 2.70. The number of hydrogen-bond donors (Lipinski definition) is 2. The zero-order valence-electron chi connectivity index (χ0n) is 15.6. The monoisotopic (exact) mass is 369 g/mol. The molecule has 5 heteroatoms. The highest BCUT2D eigenvalue weighted by atomic mass is 16.1. The maximum absolute atomic E-state index is 12.7. The highest BCUT2D eigenvalue weighted by Gasteiger charge is 2.14. The minimum Gasteiger partial charge on any atom is -0.321 e. The number of rotatable bonds is 3. The molecule has 1 aromatic heterocycles. The number of nitrogens with one attached hydrogen (secondary N) is 2. The first-order valence-corrected chi connectivity index (χ1v) is 9.00. The van der Waals surface area contributed by atoms with Crippen LogP contribution in [0.1, 0.15) is 21.5 Å². The molecule has 28 heavy (non-hydrogen) atoms. The van der Waals surface area contributed by atoms with E-state index in [0.717, 1.165) is 11.1 Å². The van der Waals surface area contributed by atoms with Crippen molar-refractivity contribution in [3.8, 4) is 11.3 Å². The SMILES string of the molecule is Cc1ccc(C(=O)Nc2ccccc2-c2nc3ccccc3[nH]c2=O)cc1C. The summed E-state index contributed by atoms with van der Waals surface area (Å²) in [7, 11) is 0. The Kier molecular flexibility index (Phi) is 4.49. The van der Waals surface area contributed by atoms with Crippen LogP contribution >= 0.6 is 0 Å². The highest BCUT2D eigenvalue weighted by molar-refractivity contribution is 6.06. The van der Waals surface area contributed by atoms with Crippen molar-refractivity contribution in [1.29, 1.82) is 0 Å². The minimum atomic E-state index is -0.299. The van der Waals surface area contributed by atoms with Crippen molar-refractivity contribution in [1.82, 2.24) is 9.97 Å². The van der Waals surface area contributed by atoms with E-state index in [9.17, 15) is 9.59 Å². The summed E-state index contributed by atoms with van der Waals surface area (Å²) < 4.78 is 0. The van der Waals surface area contributed by atoms with Crippen LogP contribution in [0.5, 0.6) is 0 Å². The lowest BCUT2D eigenvalue weighted by molar-refractivity contribution is 0.102. The number of benzene rings is 3. The molecule has 0 atom stereocenters. The first-order chi connectivity index (χ1) is 13.5. The number of amides is 1. The molecule has 0 saturated carbocycles. The average molecular weight is 369 g/mol. The molecule has 0 spiro atoms. The molecular formula is C23H19N3O2. The van der Waals surface area contributed by atoms with Crippen LogP contribution in [-0.4, -0.2) is 15.9 Å². The first kappa shape index (κ1) is 17.7. The van der Waals surface area contributed by atoms with E-state index in [1.54, 1.807) is 24.3 Å². The Morgan fingerprint density at radius 3 is 2.50 bits per heavy atom. The van der Waals surface area contributed by atoms with E-state index in [2.05, 4.69) is 15.3 Å². The fourth-order valence-corrected chi connectivity index (χ4v) is 3.09. The molecular weight excluding hydrogens is 350 g/mol. The fraction of sp³-hybridized carbons (Fsp3) is 0.0870. The smallest absolute Gasteiger partial charge is 0.275 e. The summed E-state index contributed by atoms with van der Waals surface area (Å²) in [4.78, 5) is 32.7. The number of fused-ring (bicyclic) bond motifs is 1. The molecule has 0 aliphatic carbocycles. The zero-order valence-corrected chi connectivity index (χ0v) is 15.6. The van der Waals surface area contributed by atoms with Gasteiger partial charge in [-0.1, -0.05) is 36.4 Å². The van der Waals surface area contributed by atoms with Crippen LogP contribution in [0.2, 0.25) is 0 Å². The fourth-order valence-electron chi connectivity index (χ4n) is 3.09. The standard InChI is InChI=1S/C23H19N3O2/c1-14-11-12-16(13-15(14)2)22(27)25-18-8-4-3-7-17(18)21-23(28)26-20-10-6-5-9-19(20)24-21/h3-13H,1-2H3,(H,25,27)(H,26,28). The molecule has 0 unspecified atom stereocenters. The molecule has 3 aromatic carbocycles. The third kappa shape index (κ3) is 3.30. The topological polar surface area (TPSA) is 74.8 Å². The third-order valence-corrected chi connectivity index (χ3v) is 4.80. The molecule has 4 rings (SSSR count). The Hall–Kier alpha value is -3.73. The Labute approximate surface area is 162 Å². The summed E-state index contributed by atoms with van der Waals surface area (Å²) in [5.41, 5.74) is 5.20. The number of aromatic nitrogens is 2. The highest BCUT2D eigenvalue weighted by Crippen LogP contribution is 2.25. The quantitative estimate of drug-likeness (QED) is 0.560. The summed E-state index contributed by atoms with van der Waals surface area (Å²) in [6, 6.07) is 20.1. The Morgan fingerprint density at radius 2 is 1.68 bits per heavy atom. The molecule has 0 fully saturated rings. The molecule has 0 aliphatic rings. The molecule has 1 amide bonds. The van der Waals surface area contributed by atoms with Crippen molar-refractivity contribution in [2.75, 3.05) is 5.32 Å². The molecule has 138 valence electrons. The van der Waals surface area contributed by atoms with Gasteiger partial charge in [-0.3, -0.25) is 9.59 Å². The number of carbonyl (C=O) groups is 1. The lowest BCUT2D eigenvalue weighted by atomic mass is 10.1. The molecule has 5 nitrogen and oxygen atoms in total. The second-order valence-corrected chi connectivity index (χ2v) is 6.73. The third-order valence-electron chi connectivity index (χ3n) is 4.80. The van der Waals surface area contributed by atoms with Gasteiger partial charge in [0.1, 0.15) is 5.69 Å². The number of anilines is 1. The van der Waals surface area contributed by atoms with Gasteiger partial charge in [-0.2, -0.15) is 0 Å². The normalized spacial score (nSPS) is 10.8. The number of aromatic amines is 1. The van der Waals surface area contributed by atoms with Crippen LogP contribution < -0.4 is 10.9 Å². The van der Waals surface area contributed by atoms with Crippen molar-refractivity contribution in [2.45, 2.75) is 13.8 Å². The van der Waals surface area contributed by atoms with Gasteiger partial charge < -0.3 is 10.3 Å². The van der Waals surface area contributed by atoms with Gasteiger partial charge in [0.15, 0.2) is 0 Å². The van der Waals surface area contributed by atoms with Crippen molar-refractivity contribution in [3.63, 3.8) is 0 Å². The van der Waals surface area contributed by atoms with Crippen LogP contribution in [0.15, 0.2) is 71.5 Å². The second-order valence-electron chi connectivity index (χ2n) is 6.73. The number of H-pyrrole nitrogens is 1. The van der Waals surface area contributed by atoms with Crippen LogP contribution in [0.25, 0.3) is 22.3 Å². The van der Waals surface area contributed by atoms with Crippen molar-refractivity contribution >= 4 is 22.6 Å². The number of nitrogens with zero attached hydrogens (tertiary/aromatic N) is 1. The summed E-state index contributed by atoms with van der Waals surface area (Å²) in [6.45, 7) is 3.97. The van der Waals surface area contributed by atoms with E-state index in [4.69, 9.17) is 0 Å². The van der Waals surface area contributed by atoms with E-state index in [0.29, 0.717) is 27.8 Å². The van der Waals surface area contributed by atoms with Gasteiger partial charge in [0.2, 0.25) is 0 Å². The lowest BCUT2D eigenvalue weighted by Crippen LogP contribution is -2.16. The van der Waals surface area contributed by atoms with Gasteiger partial charge in [-0.05, 0) is 55.3 Å². The molecule has 0 aliphatic heterocycles. The lowest BCUT2D eigenvalue weighted by Gasteiger charge is -2.11. The molecule has 0 bridgehead atoms. The van der Waals surface area contributed by atoms with Gasteiger partial charge in [-0.15, -0.1) is 0 Å². The van der Waals surface area contributed by atoms with Crippen LogP contribution in [0.4, 0.5) is 5.69 Å². The second kappa shape index (κ2) is 7.12. The first-order valence-electron chi connectivity index (χ1n) is 9.00. The number of carbonyl (C=O) groups excluding carboxylic acids is 1. The van der Waals surface area contributed by atoms with E-state index in [-0.39, 0.29) is 17.2 Å². The van der Waals surface area contributed by atoms with E-state index >= 15 is 0 Å². The number of hydrogen-bond acceptors (Lipinski definition) is 3. The van der Waals surface area contributed by atoms with Crippen LogP contribution in [-0.2, 0) is 0 Å². The van der Waals surface area contributed by atoms with E-state index in [1.807, 2.05) is 56.3 Å². The molecule has 1 heterocycles. The summed E-state index contributed by atoms with van der Waals surface area (Å²) >= 11 is 0. The molecule has 0 radical (unpaired) electrons. The minimum absolute atomic E-state index is 0.229. The number of para-hydroxylation sites is 3. The summed E-state index contributed by atoms with van der Waals surface area (Å²) in [6.07, 6.45) is 0. The Bertz CT molecular complexity index is 1260. The predicted octanol–water partition coefficient (Wildman–Crippen LogP) is 4.46. The maximum atomic E-state index is 12.7. The van der Waals surface area contributed by atoms with Crippen molar-refractivity contribution in [2.24, 2.45) is 0 Å². The predicted molar refractivity (Wildman–Crippen MR) is 112 cm³/mol. The Balaban J connectivity index is 1.75. The van der Waals surface area contributed by atoms with Crippen molar-refractivity contribution < 1.29 is 4.79 Å².